The van der Waals surface area contributed by atoms with E-state index in [1.54, 1.807) is 20.8 Å². The number of carboxylic acid groups (broad SMARTS) is 3. The molecule has 0 aromatic carbocycles. The molecule has 7 heteroatoms. The van der Waals surface area contributed by atoms with Crippen LogP contribution < -0.4 is 0 Å². The van der Waals surface area contributed by atoms with Gasteiger partial charge >= 0.3 is 17.9 Å². The number of carbonyl (C=O) groups is 3. The maximum atomic E-state index is 11.6. The van der Waals surface area contributed by atoms with Gasteiger partial charge < -0.3 is 19.8 Å². The topological polar surface area (TPSA) is 112 Å². The fraction of sp³-hybridized carbons (Fsp3) is 0.821. The van der Waals surface area contributed by atoms with Gasteiger partial charge in [0.1, 0.15) is 17.8 Å². The Labute approximate surface area is 213 Å². The van der Waals surface area contributed by atoms with Gasteiger partial charge in [0.25, 0.3) is 0 Å². The highest BCUT2D eigenvalue weighted by Crippen LogP contribution is 2.22. The van der Waals surface area contributed by atoms with E-state index >= 15 is 0 Å². The summed E-state index contributed by atoms with van der Waals surface area (Å²) in [5.74, 6) is -4.80. The monoisotopic (exact) mass is 498 g/mol. The van der Waals surface area contributed by atoms with Gasteiger partial charge in [0.15, 0.2) is 0 Å². The summed E-state index contributed by atoms with van der Waals surface area (Å²) in [6, 6.07) is 0. The van der Waals surface area contributed by atoms with Crippen LogP contribution in [0.25, 0.3) is 0 Å². The molecule has 0 amide bonds. The Kier molecular flexibility index (Phi) is 18.3. The quantitative estimate of drug-likeness (QED) is 0.0875. The summed E-state index contributed by atoms with van der Waals surface area (Å²) in [5.41, 5.74) is 0. The van der Waals surface area contributed by atoms with Crippen molar-refractivity contribution in [3.63, 3.8) is 0 Å². The average Bonchev–Trinajstić information content (AvgIpc) is 2.78. The highest BCUT2D eigenvalue weighted by molar-refractivity contribution is 5.70. The molecule has 0 bridgehead atoms. The zero-order chi connectivity index (χ0) is 26.7. The molecule has 0 fully saturated rings. The minimum absolute atomic E-state index is 0.224. The van der Waals surface area contributed by atoms with Crippen LogP contribution >= 0.6 is 0 Å². The predicted octanol–water partition coefficient (Wildman–Crippen LogP) is 6.22. The molecule has 0 aliphatic heterocycles. The SMILES string of the molecule is CC/C=C/CCCCCCCCCCCC[N+](CC(C)C(=O)O)(CC(C)C(=O)O)CC(C)C(=O)O. The van der Waals surface area contributed by atoms with Crippen molar-refractivity contribution in [1.29, 1.82) is 0 Å². The van der Waals surface area contributed by atoms with E-state index in [9.17, 15) is 29.7 Å². The first-order valence-electron chi connectivity index (χ1n) is 13.7. The number of nitrogens with zero attached hydrogens (tertiary/aromatic N) is 1. The standard InChI is InChI=1S/C28H51NO6/c1-5-6-7-8-9-10-11-12-13-14-15-16-17-18-19-29(20-23(2)26(30)31,21-24(3)27(32)33)22-25(4)28(34)35/h6-7,23-25H,5,8-22H2,1-4H3,(H2-,30,31,32,33,34,35)/p+1/b7-6+. The second-order valence-electron chi connectivity index (χ2n) is 10.5. The van der Waals surface area contributed by atoms with Gasteiger partial charge in [-0.25, -0.2) is 0 Å². The summed E-state index contributed by atoms with van der Waals surface area (Å²) in [7, 11) is 0. The molecule has 3 unspecified atom stereocenters. The Morgan fingerprint density at radius 1 is 0.600 bits per heavy atom. The number of aliphatic carboxylic acids is 3. The van der Waals surface area contributed by atoms with Crippen molar-refractivity contribution in [2.45, 2.75) is 105 Å². The van der Waals surface area contributed by atoms with E-state index in [-0.39, 0.29) is 24.1 Å². The Balaban J connectivity index is 4.64. The van der Waals surface area contributed by atoms with Gasteiger partial charge in [0.2, 0.25) is 0 Å². The van der Waals surface area contributed by atoms with Crippen LogP contribution in [0.3, 0.4) is 0 Å². The minimum atomic E-state index is -0.934. The van der Waals surface area contributed by atoms with Crippen molar-refractivity contribution in [3.8, 4) is 0 Å². The Morgan fingerprint density at radius 3 is 1.29 bits per heavy atom. The predicted molar refractivity (Wildman–Crippen MR) is 140 cm³/mol. The van der Waals surface area contributed by atoms with E-state index < -0.39 is 35.7 Å². The smallest absolute Gasteiger partial charge is 0.311 e. The van der Waals surface area contributed by atoms with Crippen LogP contribution in [0.4, 0.5) is 0 Å². The zero-order valence-electron chi connectivity index (χ0n) is 22.7. The van der Waals surface area contributed by atoms with Crippen LogP contribution in [0.5, 0.6) is 0 Å². The Morgan fingerprint density at radius 2 is 0.943 bits per heavy atom. The van der Waals surface area contributed by atoms with Crippen molar-refractivity contribution in [2.75, 3.05) is 26.2 Å². The number of unbranched alkanes of at least 4 members (excludes halogenated alkanes) is 10. The van der Waals surface area contributed by atoms with Crippen molar-refractivity contribution in [3.05, 3.63) is 12.2 Å². The summed E-state index contributed by atoms with van der Waals surface area (Å²) >= 11 is 0. The molecule has 3 atom stereocenters. The molecule has 0 radical (unpaired) electrons. The lowest BCUT2D eigenvalue weighted by molar-refractivity contribution is -0.934. The maximum Gasteiger partial charge on any atom is 0.311 e. The number of carboxylic acids is 3. The van der Waals surface area contributed by atoms with Gasteiger partial charge in [-0.15, -0.1) is 0 Å². The number of hydrogen-bond donors (Lipinski definition) is 3. The van der Waals surface area contributed by atoms with Crippen molar-refractivity contribution >= 4 is 17.9 Å². The lowest BCUT2D eigenvalue weighted by Gasteiger charge is -2.42. The fourth-order valence-corrected chi connectivity index (χ4v) is 4.88. The van der Waals surface area contributed by atoms with Gasteiger partial charge in [0, 0.05) is 0 Å². The van der Waals surface area contributed by atoms with Gasteiger partial charge in [-0.3, -0.25) is 14.4 Å². The van der Waals surface area contributed by atoms with Gasteiger partial charge in [-0.2, -0.15) is 0 Å². The molecule has 0 spiro atoms. The first-order chi connectivity index (χ1) is 16.5. The Hall–Kier alpha value is -1.89. The second-order valence-corrected chi connectivity index (χ2v) is 10.5. The average molecular weight is 499 g/mol. The molecular formula is C28H52NO6+. The van der Waals surface area contributed by atoms with Gasteiger partial charge in [0.05, 0.1) is 26.2 Å². The molecule has 35 heavy (non-hydrogen) atoms. The van der Waals surface area contributed by atoms with E-state index in [0.717, 1.165) is 25.7 Å². The molecule has 0 aliphatic carbocycles. The lowest BCUT2D eigenvalue weighted by Crippen LogP contribution is -2.57. The number of hydrogen-bond acceptors (Lipinski definition) is 3. The van der Waals surface area contributed by atoms with Crippen LogP contribution in [-0.2, 0) is 14.4 Å². The van der Waals surface area contributed by atoms with Crippen LogP contribution in [-0.4, -0.2) is 63.9 Å². The molecule has 0 rings (SSSR count). The molecule has 204 valence electrons. The molecule has 0 aromatic rings. The number of quaternary nitrogens is 1. The first-order valence-corrected chi connectivity index (χ1v) is 13.7. The molecular weight excluding hydrogens is 446 g/mol. The minimum Gasteiger partial charge on any atom is -0.481 e. The van der Waals surface area contributed by atoms with E-state index in [0.29, 0.717) is 6.54 Å². The molecule has 0 saturated heterocycles. The summed E-state index contributed by atoms with van der Waals surface area (Å²) < 4.78 is 0.224. The van der Waals surface area contributed by atoms with Gasteiger partial charge in [-0.1, -0.05) is 64.0 Å². The van der Waals surface area contributed by atoms with E-state index in [2.05, 4.69) is 19.1 Å². The lowest BCUT2D eigenvalue weighted by atomic mass is 10.00. The van der Waals surface area contributed by atoms with Crippen molar-refractivity contribution in [2.24, 2.45) is 17.8 Å². The summed E-state index contributed by atoms with van der Waals surface area (Å²) in [5, 5.41) is 28.4. The van der Waals surface area contributed by atoms with E-state index in [1.165, 1.54) is 51.4 Å². The van der Waals surface area contributed by atoms with Crippen LogP contribution in [0.2, 0.25) is 0 Å². The zero-order valence-corrected chi connectivity index (χ0v) is 22.7. The highest BCUT2D eigenvalue weighted by atomic mass is 16.4. The number of rotatable bonds is 23. The van der Waals surface area contributed by atoms with Crippen molar-refractivity contribution in [1.82, 2.24) is 0 Å². The summed E-state index contributed by atoms with van der Waals surface area (Å²) in [6.07, 6.45) is 18.5. The largest absolute Gasteiger partial charge is 0.481 e. The molecule has 3 N–H and O–H groups in total. The summed E-state index contributed by atoms with van der Waals surface area (Å²) in [6.45, 7) is 8.37. The Bertz CT molecular complexity index is 578. The first kappa shape index (κ1) is 33.1. The summed E-state index contributed by atoms with van der Waals surface area (Å²) in [4.78, 5) is 34.7. The van der Waals surface area contributed by atoms with E-state index in [1.807, 2.05) is 0 Å². The fourth-order valence-electron chi connectivity index (χ4n) is 4.88. The third-order valence-electron chi connectivity index (χ3n) is 6.90. The third kappa shape index (κ3) is 16.4. The number of allylic oxidation sites excluding steroid dienone is 2. The van der Waals surface area contributed by atoms with E-state index in [4.69, 9.17) is 0 Å². The molecule has 0 aliphatic rings. The molecule has 0 aromatic heterocycles. The van der Waals surface area contributed by atoms with Gasteiger partial charge in [-0.05, 0) is 52.9 Å². The molecule has 0 heterocycles. The van der Waals surface area contributed by atoms with Crippen molar-refractivity contribution < 1.29 is 34.2 Å². The molecule has 7 nitrogen and oxygen atoms in total. The van der Waals surface area contributed by atoms with Crippen LogP contribution in [0.15, 0.2) is 12.2 Å². The third-order valence-corrected chi connectivity index (χ3v) is 6.90. The second kappa shape index (κ2) is 19.3. The van der Waals surface area contributed by atoms with Crippen LogP contribution in [0.1, 0.15) is 105 Å². The van der Waals surface area contributed by atoms with Crippen LogP contribution in [0, 0.1) is 17.8 Å². The normalized spacial score (nSPS) is 16.0. The maximum absolute atomic E-state index is 11.6. The highest BCUT2D eigenvalue weighted by Gasteiger charge is 2.38. The molecule has 0 saturated carbocycles.